The summed E-state index contributed by atoms with van der Waals surface area (Å²) in [5.74, 6) is 2.96. The van der Waals surface area contributed by atoms with E-state index in [-0.39, 0.29) is 5.92 Å². The van der Waals surface area contributed by atoms with Crippen LogP contribution in [0.1, 0.15) is 74.7 Å². The largest absolute Gasteiger partial charge is 0.360 e. The number of nitrogens with zero attached hydrogens (tertiary/aromatic N) is 2. The van der Waals surface area contributed by atoms with Crippen LogP contribution in [0, 0.1) is 23.7 Å². The van der Waals surface area contributed by atoms with Gasteiger partial charge >= 0.3 is 0 Å². The van der Waals surface area contributed by atoms with Crippen molar-refractivity contribution < 1.29 is 9.59 Å². The van der Waals surface area contributed by atoms with E-state index in [1.54, 1.807) is 6.20 Å². The zero-order valence-corrected chi connectivity index (χ0v) is 20.1. The van der Waals surface area contributed by atoms with E-state index in [2.05, 4.69) is 54.0 Å². The highest BCUT2D eigenvalue weighted by atomic mass is 16.1. The summed E-state index contributed by atoms with van der Waals surface area (Å²) < 4.78 is 0. The number of aromatic nitrogens is 1. The Morgan fingerprint density at radius 2 is 1.97 bits per heavy atom. The van der Waals surface area contributed by atoms with Crippen LogP contribution >= 0.6 is 0 Å². The van der Waals surface area contributed by atoms with E-state index in [1.165, 1.54) is 37.7 Å². The summed E-state index contributed by atoms with van der Waals surface area (Å²) in [6.45, 7) is 10.5. The molecule has 0 bridgehead atoms. The molecule has 1 aliphatic carbocycles. The Morgan fingerprint density at radius 1 is 1.18 bits per heavy atom. The number of anilines is 2. The minimum atomic E-state index is 0.0181. The molecule has 1 aromatic rings. The van der Waals surface area contributed by atoms with Crippen LogP contribution in [0.2, 0.25) is 0 Å². The maximum atomic E-state index is 11.9. The fraction of sp³-hybridized carbons (Fsp3) is 0.536. The monoisotopic (exact) mass is 447 g/mol. The normalized spacial score (nSPS) is 28.1. The Bertz CT molecular complexity index is 954. The Labute approximate surface area is 198 Å². The highest BCUT2D eigenvalue weighted by molar-refractivity contribution is 5.96. The molecule has 0 spiro atoms. The van der Waals surface area contributed by atoms with Crippen molar-refractivity contribution in [2.75, 3.05) is 23.3 Å². The first kappa shape index (κ1) is 23.5. The van der Waals surface area contributed by atoms with Crippen molar-refractivity contribution in [1.82, 2.24) is 4.98 Å². The molecule has 1 atom stereocenters. The van der Waals surface area contributed by atoms with Crippen LogP contribution in [0.5, 0.6) is 0 Å². The number of fused-ring (bicyclic) bond motifs is 1. The van der Waals surface area contributed by atoms with E-state index in [0.29, 0.717) is 18.0 Å². The van der Waals surface area contributed by atoms with E-state index in [0.717, 1.165) is 66.4 Å². The van der Waals surface area contributed by atoms with E-state index in [4.69, 9.17) is 0 Å². The van der Waals surface area contributed by atoms with Crippen LogP contribution in [0.15, 0.2) is 36.7 Å². The van der Waals surface area contributed by atoms with Crippen molar-refractivity contribution in [3.63, 3.8) is 0 Å². The summed E-state index contributed by atoms with van der Waals surface area (Å²) in [6.07, 6.45) is 18.1. The molecule has 176 valence electrons. The first-order chi connectivity index (χ1) is 16.0. The molecular weight excluding hydrogens is 410 g/mol. The Balaban J connectivity index is 1.60. The van der Waals surface area contributed by atoms with Gasteiger partial charge in [0.2, 0.25) is 0 Å². The Kier molecular flexibility index (Phi) is 7.46. The van der Waals surface area contributed by atoms with Gasteiger partial charge in [-0.1, -0.05) is 32.6 Å². The quantitative estimate of drug-likeness (QED) is 0.539. The zero-order chi connectivity index (χ0) is 23.4. The minimum absolute atomic E-state index is 0.0181. The summed E-state index contributed by atoms with van der Waals surface area (Å²) in [5.41, 5.74) is 4.28. The zero-order valence-electron chi connectivity index (χ0n) is 20.1. The molecule has 3 aliphatic rings. The van der Waals surface area contributed by atoms with Crippen LogP contribution < -0.4 is 10.2 Å². The van der Waals surface area contributed by atoms with Gasteiger partial charge < -0.3 is 15.0 Å². The third kappa shape index (κ3) is 5.29. The van der Waals surface area contributed by atoms with Crippen LogP contribution in [-0.2, 0) is 4.79 Å². The van der Waals surface area contributed by atoms with Crippen molar-refractivity contribution in [2.45, 2.75) is 58.8 Å². The first-order valence-corrected chi connectivity index (χ1v) is 12.5. The predicted molar refractivity (Wildman–Crippen MR) is 135 cm³/mol. The molecule has 0 radical (unpaired) electrons. The third-order valence-electron chi connectivity index (χ3n) is 7.47. The lowest BCUT2D eigenvalue weighted by atomic mass is 9.75. The average molecular weight is 448 g/mol. The fourth-order valence-corrected chi connectivity index (χ4v) is 5.75. The molecule has 1 unspecified atom stereocenters. The van der Waals surface area contributed by atoms with Crippen molar-refractivity contribution in [1.29, 1.82) is 0 Å². The maximum Gasteiger partial charge on any atom is 0.153 e. The summed E-state index contributed by atoms with van der Waals surface area (Å²) in [6, 6.07) is 0. The topological polar surface area (TPSA) is 62.3 Å². The van der Waals surface area contributed by atoms with Crippen molar-refractivity contribution in [3.05, 3.63) is 47.8 Å². The second-order valence-electron chi connectivity index (χ2n) is 10.4. The van der Waals surface area contributed by atoms with Gasteiger partial charge in [-0.3, -0.25) is 4.79 Å². The van der Waals surface area contributed by atoms with Crippen LogP contribution in [-0.4, -0.2) is 30.6 Å². The molecule has 1 saturated heterocycles. The molecular formula is C28H37N3O2. The van der Waals surface area contributed by atoms with Gasteiger partial charge in [0.25, 0.3) is 0 Å². The van der Waals surface area contributed by atoms with E-state index in [9.17, 15) is 9.59 Å². The second-order valence-corrected chi connectivity index (χ2v) is 10.4. The minimum Gasteiger partial charge on any atom is -0.360 e. The lowest BCUT2D eigenvalue weighted by molar-refractivity contribution is -0.111. The number of aldehydes is 2. The third-order valence-corrected chi connectivity index (χ3v) is 7.47. The molecule has 33 heavy (non-hydrogen) atoms. The van der Waals surface area contributed by atoms with Gasteiger partial charge in [-0.2, -0.15) is 0 Å². The number of piperidine rings is 1. The number of allylic oxidation sites excluding steroid dienone is 4. The molecule has 2 aliphatic heterocycles. The van der Waals surface area contributed by atoms with Crippen LogP contribution in [0.4, 0.5) is 11.5 Å². The molecule has 0 aromatic carbocycles. The maximum absolute atomic E-state index is 11.9. The summed E-state index contributed by atoms with van der Waals surface area (Å²) in [4.78, 5) is 30.1. The van der Waals surface area contributed by atoms with Gasteiger partial charge in [0.1, 0.15) is 12.1 Å². The fourth-order valence-electron chi connectivity index (χ4n) is 5.75. The number of nitrogens with one attached hydrogen (secondary N) is 1. The number of rotatable bonds is 6. The van der Waals surface area contributed by atoms with E-state index >= 15 is 0 Å². The standard InChI is InChI=1S/C28H37N3O2/c1-19(2)13-21-7-10-23(11-8-21)24-9-6-20(3)26-27(29-14-24)25(18-33)15-30-28(26)31-12-4-5-22(16-31)17-32/h6,9,14-15,17-19,21-23,29H,3-5,7-8,10-13,16H2,1-2H3/b9-6-,24-14+. The molecule has 2 fully saturated rings. The molecule has 5 nitrogen and oxygen atoms in total. The Morgan fingerprint density at radius 3 is 2.67 bits per heavy atom. The van der Waals surface area contributed by atoms with Crippen molar-refractivity contribution in [3.8, 4) is 0 Å². The van der Waals surface area contributed by atoms with Crippen LogP contribution in [0.3, 0.4) is 0 Å². The number of pyridine rings is 1. The van der Waals surface area contributed by atoms with E-state index in [1.807, 2.05) is 0 Å². The van der Waals surface area contributed by atoms with Gasteiger partial charge in [-0.15, -0.1) is 0 Å². The summed E-state index contributed by atoms with van der Waals surface area (Å²) in [7, 11) is 0. The van der Waals surface area contributed by atoms with Gasteiger partial charge in [0.15, 0.2) is 6.29 Å². The number of carbonyl (C=O) groups excluding carboxylic acids is 2. The van der Waals surface area contributed by atoms with Crippen molar-refractivity contribution >= 4 is 29.7 Å². The molecule has 4 rings (SSSR count). The molecule has 3 heterocycles. The summed E-state index contributed by atoms with van der Waals surface area (Å²) in [5, 5.41) is 3.47. The predicted octanol–water partition coefficient (Wildman–Crippen LogP) is 6.04. The molecule has 1 saturated carbocycles. The SMILES string of the molecule is C=C1/C=C\C(C2CCC(CC(C)C)CC2)=C/Nc2c(C=O)cnc(N3CCCC(C=O)C3)c21. The highest BCUT2D eigenvalue weighted by Crippen LogP contribution is 2.40. The number of carbonyl (C=O) groups is 2. The van der Waals surface area contributed by atoms with Crippen molar-refractivity contribution in [2.24, 2.45) is 23.7 Å². The van der Waals surface area contributed by atoms with Crippen LogP contribution in [0.25, 0.3) is 5.57 Å². The number of hydrogen-bond donors (Lipinski definition) is 1. The highest BCUT2D eigenvalue weighted by Gasteiger charge is 2.27. The van der Waals surface area contributed by atoms with Gasteiger partial charge in [0.05, 0.1) is 11.3 Å². The van der Waals surface area contributed by atoms with Gasteiger partial charge in [0, 0.05) is 37.0 Å². The lowest BCUT2D eigenvalue weighted by Gasteiger charge is -2.34. The smallest absolute Gasteiger partial charge is 0.153 e. The molecule has 0 amide bonds. The molecule has 1 N–H and O–H groups in total. The Hall–Kier alpha value is -2.69. The van der Waals surface area contributed by atoms with E-state index < -0.39 is 0 Å². The summed E-state index contributed by atoms with van der Waals surface area (Å²) >= 11 is 0. The average Bonchev–Trinajstić information content (AvgIpc) is 2.82. The molecule has 1 aromatic heterocycles. The van der Waals surface area contributed by atoms with Gasteiger partial charge in [-0.25, -0.2) is 4.98 Å². The molecule has 5 heteroatoms. The first-order valence-electron chi connectivity index (χ1n) is 12.5. The number of hydrogen-bond acceptors (Lipinski definition) is 5. The lowest BCUT2D eigenvalue weighted by Crippen LogP contribution is -2.37. The van der Waals surface area contributed by atoms with Gasteiger partial charge in [-0.05, 0) is 73.8 Å². The second kappa shape index (κ2) is 10.5.